The summed E-state index contributed by atoms with van der Waals surface area (Å²) in [5, 5.41) is 6.80. The van der Waals surface area contributed by atoms with Crippen LogP contribution in [0.15, 0.2) is 5.10 Å². The zero-order chi connectivity index (χ0) is 9.14. The Morgan fingerprint density at radius 3 is 2.17 bits per heavy atom. The quantitative estimate of drug-likeness (QED) is 0.181. The van der Waals surface area contributed by atoms with Crippen LogP contribution in [0, 0.1) is 5.92 Å². The zero-order valence-electron chi connectivity index (χ0n) is 5.90. The van der Waals surface area contributed by atoms with Crippen LogP contribution in [-0.4, -0.2) is 24.1 Å². The van der Waals surface area contributed by atoms with Crippen molar-refractivity contribution < 1.29 is 14.4 Å². The summed E-state index contributed by atoms with van der Waals surface area (Å²) in [6.07, 6.45) is 0.955. The molecular weight excluding hydrogens is 164 g/mol. The summed E-state index contributed by atoms with van der Waals surface area (Å²) in [7, 11) is 0. The van der Waals surface area contributed by atoms with Crippen molar-refractivity contribution in [2.24, 2.45) is 16.9 Å². The third-order valence-corrected chi connectivity index (χ3v) is 1.27. The van der Waals surface area contributed by atoms with Gasteiger partial charge < -0.3 is 5.84 Å². The minimum atomic E-state index is -1.12. The van der Waals surface area contributed by atoms with Crippen LogP contribution in [0.3, 0.4) is 0 Å². The third-order valence-electron chi connectivity index (χ3n) is 1.27. The Labute approximate surface area is 67.0 Å². The van der Waals surface area contributed by atoms with E-state index in [-0.39, 0.29) is 0 Å². The van der Waals surface area contributed by atoms with E-state index in [1.165, 1.54) is 0 Å². The fraction of sp³-hybridized carbons (Fsp3) is 0.200. The van der Waals surface area contributed by atoms with Gasteiger partial charge in [0, 0.05) is 6.21 Å². The number of nitrogens with one attached hydrogen (secondary N) is 2. The average molecular weight is 170 g/mol. The Bertz CT molecular complexity index is 252. The third kappa shape index (κ3) is 1.39. The maximum atomic E-state index is 10.9. The van der Waals surface area contributed by atoms with E-state index in [1.54, 1.807) is 0 Å². The lowest BCUT2D eigenvalue weighted by molar-refractivity contribution is -0.132. The minimum absolute atomic E-state index is 0.724. The Hall–Kier alpha value is -1.92. The van der Waals surface area contributed by atoms with Crippen molar-refractivity contribution in [3.05, 3.63) is 0 Å². The summed E-state index contributed by atoms with van der Waals surface area (Å²) in [6, 6.07) is -0.827. The lowest BCUT2D eigenvalue weighted by atomic mass is 10.1. The first-order valence-electron chi connectivity index (χ1n) is 3.04. The van der Waals surface area contributed by atoms with Gasteiger partial charge in [0.1, 0.15) is 0 Å². The van der Waals surface area contributed by atoms with E-state index >= 15 is 0 Å². The number of amides is 4. The summed E-state index contributed by atoms with van der Waals surface area (Å²) in [5.41, 5.74) is 0. The molecule has 0 unspecified atom stereocenters. The monoisotopic (exact) mass is 170 g/mol. The lowest BCUT2D eigenvalue weighted by Gasteiger charge is -2.16. The van der Waals surface area contributed by atoms with Crippen molar-refractivity contribution in [3.8, 4) is 0 Å². The minimum Gasteiger partial charge on any atom is -0.324 e. The van der Waals surface area contributed by atoms with Crippen LogP contribution >= 0.6 is 0 Å². The van der Waals surface area contributed by atoms with Crippen LogP contribution in [-0.2, 0) is 9.59 Å². The van der Waals surface area contributed by atoms with Gasteiger partial charge in [0.25, 0.3) is 0 Å². The molecule has 7 nitrogen and oxygen atoms in total. The number of nitrogens with zero attached hydrogens (tertiary/aromatic N) is 1. The van der Waals surface area contributed by atoms with Crippen molar-refractivity contribution >= 4 is 24.1 Å². The molecule has 0 aromatic carbocycles. The number of imide groups is 2. The van der Waals surface area contributed by atoms with Gasteiger partial charge in [-0.3, -0.25) is 20.2 Å². The molecule has 1 aliphatic heterocycles. The molecule has 0 spiro atoms. The Kier molecular flexibility index (Phi) is 2.04. The second kappa shape index (κ2) is 2.99. The van der Waals surface area contributed by atoms with E-state index in [4.69, 9.17) is 5.84 Å². The predicted octanol–water partition coefficient (Wildman–Crippen LogP) is -2.09. The summed E-state index contributed by atoms with van der Waals surface area (Å²) >= 11 is 0. The fourth-order valence-corrected chi connectivity index (χ4v) is 0.751. The molecule has 1 heterocycles. The molecule has 1 fully saturated rings. The van der Waals surface area contributed by atoms with Gasteiger partial charge in [-0.25, -0.2) is 4.79 Å². The molecule has 0 bridgehead atoms. The number of barbiturate groups is 1. The van der Waals surface area contributed by atoms with Crippen LogP contribution in [0.5, 0.6) is 0 Å². The molecule has 12 heavy (non-hydrogen) atoms. The molecule has 0 aromatic rings. The molecule has 1 rings (SSSR count). The van der Waals surface area contributed by atoms with Gasteiger partial charge in [0.05, 0.1) is 0 Å². The molecule has 4 amide bonds. The maximum Gasteiger partial charge on any atom is 0.328 e. The van der Waals surface area contributed by atoms with E-state index in [9.17, 15) is 14.4 Å². The molecule has 7 heteroatoms. The highest BCUT2D eigenvalue weighted by Crippen LogP contribution is 1.97. The van der Waals surface area contributed by atoms with Crippen molar-refractivity contribution in [1.29, 1.82) is 0 Å². The first kappa shape index (κ1) is 8.18. The summed E-state index contributed by atoms with van der Waals surface area (Å²) in [4.78, 5) is 32.2. The number of carbonyl (C=O) groups excluding carboxylic acids is 3. The second-order valence-corrected chi connectivity index (χ2v) is 2.08. The van der Waals surface area contributed by atoms with Crippen molar-refractivity contribution in [3.63, 3.8) is 0 Å². The van der Waals surface area contributed by atoms with Gasteiger partial charge in [-0.2, -0.15) is 5.10 Å². The molecule has 0 atom stereocenters. The lowest BCUT2D eigenvalue weighted by Crippen LogP contribution is -2.56. The first-order valence-corrected chi connectivity index (χ1v) is 3.04. The predicted molar refractivity (Wildman–Crippen MR) is 37.9 cm³/mol. The molecule has 0 radical (unpaired) electrons. The summed E-state index contributed by atoms with van der Waals surface area (Å²) in [5.74, 6) is 2.18. The van der Waals surface area contributed by atoms with Gasteiger partial charge >= 0.3 is 6.03 Å². The van der Waals surface area contributed by atoms with Gasteiger partial charge in [-0.05, 0) is 0 Å². The SMILES string of the molecule is N/N=C\C1C(=O)NC(=O)NC1=O. The van der Waals surface area contributed by atoms with Crippen LogP contribution in [0.25, 0.3) is 0 Å². The highest BCUT2D eigenvalue weighted by molar-refractivity contribution is 6.23. The topological polar surface area (TPSA) is 114 Å². The number of nitrogens with two attached hydrogens (primary N) is 1. The van der Waals surface area contributed by atoms with Crippen LogP contribution in [0.4, 0.5) is 4.79 Å². The number of carbonyl (C=O) groups is 3. The van der Waals surface area contributed by atoms with Gasteiger partial charge in [0.15, 0.2) is 5.92 Å². The number of hydrogen-bond acceptors (Lipinski definition) is 5. The van der Waals surface area contributed by atoms with E-state index < -0.39 is 23.8 Å². The van der Waals surface area contributed by atoms with Gasteiger partial charge in [-0.1, -0.05) is 0 Å². The molecule has 0 aliphatic carbocycles. The molecule has 0 aromatic heterocycles. The average Bonchev–Trinajstić information content (AvgIpc) is 1.96. The number of hydrazone groups is 1. The van der Waals surface area contributed by atoms with Gasteiger partial charge in [0.2, 0.25) is 11.8 Å². The Balaban J connectivity index is 2.80. The van der Waals surface area contributed by atoms with Crippen molar-refractivity contribution in [1.82, 2.24) is 10.6 Å². The number of hydrogen-bond donors (Lipinski definition) is 3. The largest absolute Gasteiger partial charge is 0.328 e. The molecule has 0 saturated carbocycles. The number of rotatable bonds is 1. The molecule has 4 N–H and O–H groups in total. The standard InChI is InChI=1S/C5H6N4O3/c6-7-1-2-3(10)8-5(12)9-4(2)11/h1-2H,6H2,(H2,8,9,10,11,12)/b7-1-. The molecule has 1 saturated heterocycles. The Morgan fingerprint density at radius 2 is 1.75 bits per heavy atom. The van der Waals surface area contributed by atoms with E-state index in [2.05, 4.69) is 5.10 Å². The van der Waals surface area contributed by atoms with Crippen LogP contribution in [0.1, 0.15) is 0 Å². The highest BCUT2D eigenvalue weighted by atomic mass is 16.2. The van der Waals surface area contributed by atoms with E-state index in [0.717, 1.165) is 6.21 Å². The van der Waals surface area contributed by atoms with Crippen molar-refractivity contribution in [2.45, 2.75) is 0 Å². The fourth-order valence-electron chi connectivity index (χ4n) is 0.751. The normalized spacial score (nSPS) is 19.5. The second-order valence-electron chi connectivity index (χ2n) is 2.08. The van der Waals surface area contributed by atoms with Gasteiger partial charge in [-0.15, -0.1) is 0 Å². The first-order chi connectivity index (χ1) is 5.65. The molecule has 64 valence electrons. The summed E-state index contributed by atoms with van der Waals surface area (Å²) < 4.78 is 0. The molecular formula is C5H6N4O3. The maximum absolute atomic E-state index is 10.9. The van der Waals surface area contributed by atoms with Crippen LogP contribution < -0.4 is 16.5 Å². The van der Waals surface area contributed by atoms with Crippen molar-refractivity contribution in [2.75, 3.05) is 0 Å². The molecule has 1 aliphatic rings. The number of urea groups is 1. The smallest absolute Gasteiger partial charge is 0.324 e. The van der Waals surface area contributed by atoms with Crippen LogP contribution in [0.2, 0.25) is 0 Å². The zero-order valence-corrected chi connectivity index (χ0v) is 5.90. The highest BCUT2D eigenvalue weighted by Gasteiger charge is 2.32. The summed E-state index contributed by atoms with van der Waals surface area (Å²) in [6.45, 7) is 0. The van der Waals surface area contributed by atoms with E-state index in [1.807, 2.05) is 10.6 Å². The Morgan fingerprint density at radius 1 is 1.25 bits per heavy atom. The van der Waals surface area contributed by atoms with E-state index in [0.29, 0.717) is 0 Å².